The standard InChI is InChI=1S/C12H5F9O2/c13-8(14,7(22)6-4-2-1-3-5-6)11(19)9(15,16)10(17,18)12(20,21)23-11/h1-5H. The predicted molar refractivity (Wildman–Crippen MR) is 55.5 cm³/mol. The lowest BCUT2D eigenvalue weighted by Gasteiger charge is -2.31. The minimum atomic E-state index is -6.67. The molecule has 1 unspecified atom stereocenters. The molecular formula is C12H5F9O2. The average Bonchev–Trinajstić information content (AvgIpc) is 2.55. The monoisotopic (exact) mass is 352 g/mol. The first-order valence-electron chi connectivity index (χ1n) is 5.72. The number of hydrogen-bond donors (Lipinski definition) is 0. The molecule has 0 aromatic heterocycles. The number of carbonyl (C=O) groups excluding carboxylic acids is 1. The van der Waals surface area contributed by atoms with E-state index < -0.39 is 41.1 Å². The van der Waals surface area contributed by atoms with Crippen LogP contribution in [0.4, 0.5) is 39.5 Å². The molecular weight excluding hydrogens is 347 g/mol. The van der Waals surface area contributed by atoms with Crippen molar-refractivity contribution in [1.29, 1.82) is 0 Å². The Morgan fingerprint density at radius 2 is 1.35 bits per heavy atom. The molecule has 2 nitrogen and oxygen atoms in total. The van der Waals surface area contributed by atoms with Gasteiger partial charge in [-0.05, 0) is 0 Å². The molecule has 23 heavy (non-hydrogen) atoms. The van der Waals surface area contributed by atoms with E-state index in [0.29, 0.717) is 12.1 Å². The number of hydrogen-bond acceptors (Lipinski definition) is 2. The molecule has 1 aromatic carbocycles. The van der Waals surface area contributed by atoms with Gasteiger partial charge in [0.15, 0.2) is 0 Å². The molecule has 1 aliphatic rings. The van der Waals surface area contributed by atoms with Crippen molar-refractivity contribution in [2.45, 2.75) is 29.7 Å². The highest BCUT2D eigenvalue weighted by Crippen LogP contribution is 2.64. The molecule has 1 aromatic rings. The van der Waals surface area contributed by atoms with Crippen molar-refractivity contribution < 1.29 is 49.0 Å². The van der Waals surface area contributed by atoms with Crippen molar-refractivity contribution in [2.75, 3.05) is 0 Å². The second-order valence-electron chi connectivity index (χ2n) is 4.63. The van der Waals surface area contributed by atoms with Crippen LogP contribution in [-0.2, 0) is 4.74 Å². The molecule has 2 rings (SSSR count). The van der Waals surface area contributed by atoms with E-state index in [1.807, 2.05) is 0 Å². The summed E-state index contributed by atoms with van der Waals surface area (Å²) < 4.78 is 122. The summed E-state index contributed by atoms with van der Waals surface area (Å²) in [6, 6.07) is 4.42. The lowest BCUT2D eigenvalue weighted by molar-refractivity contribution is -0.364. The Kier molecular flexibility index (Phi) is 3.53. The number of carbonyl (C=O) groups is 1. The summed E-state index contributed by atoms with van der Waals surface area (Å²) >= 11 is 0. The average molecular weight is 352 g/mol. The normalized spacial score (nSPS) is 28.6. The van der Waals surface area contributed by atoms with E-state index in [0.717, 1.165) is 12.1 Å². The number of ether oxygens (including phenoxy) is 1. The van der Waals surface area contributed by atoms with Gasteiger partial charge in [0.05, 0.1) is 0 Å². The molecule has 0 saturated carbocycles. The van der Waals surface area contributed by atoms with Crippen molar-refractivity contribution in [1.82, 2.24) is 0 Å². The first kappa shape index (κ1) is 17.6. The number of alkyl halides is 9. The van der Waals surface area contributed by atoms with Gasteiger partial charge in [0, 0.05) is 5.56 Å². The van der Waals surface area contributed by atoms with Crippen LogP contribution in [0.3, 0.4) is 0 Å². The molecule has 0 aliphatic carbocycles. The van der Waals surface area contributed by atoms with Crippen LogP contribution in [0.1, 0.15) is 10.4 Å². The zero-order chi connectivity index (χ0) is 17.9. The fraction of sp³-hybridized carbons (Fsp3) is 0.417. The lowest BCUT2D eigenvalue weighted by atomic mass is 9.93. The smallest absolute Gasteiger partial charge is 0.287 e. The molecule has 1 heterocycles. The van der Waals surface area contributed by atoms with Gasteiger partial charge in [-0.25, -0.2) is 0 Å². The summed E-state index contributed by atoms with van der Waals surface area (Å²) in [5.74, 6) is -28.2. The minimum Gasteiger partial charge on any atom is -0.287 e. The van der Waals surface area contributed by atoms with E-state index in [4.69, 9.17) is 0 Å². The third-order valence-electron chi connectivity index (χ3n) is 3.16. The number of halogens is 9. The Morgan fingerprint density at radius 3 is 1.74 bits per heavy atom. The quantitative estimate of drug-likeness (QED) is 0.606. The van der Waals surface area contributed by atoms with E-state index in [1.165, 1.54) is 6.07 Å². The summed E-state index contributed by atoms with van der Waals surface area (Å²) in [6.07, 6.45) is -6.24. The molecule has 0 radical (unpaired) electrons. The van der Waals surface area contributed by atoms with Gasteiger partial charge in [-0.15, -0.1) is 0 Å². The summed E-state index contributed by atoms with van der Waals surface area (Å²) in [4.78, 5) is 11.5. The zero-order valence-corrected chi connectivity index (χ0v) is 10.6. The van der Waals surface area contributed by atoms with Gasteiger partial charge in [0.2, 0.25) is 5.78 Å². The van der Waals surface area contributed by atoms with E-state index in [-0.39, 0.29) is 0 Å². The van der Waals surface area contributed by atoms with Crippen LogP contribution in [0, 0.1) is 0 Å². The largest absolute Gasteiger partial charge is 0.428 e. The second kappa shape index (κ2) is 4.62. The van der Waals surface area contributed by atoms with Gasteiger partial charge in [0.25, 0.3) is 0 Å². The van der Waals surface area contributed by atoms with E-state index in [9.17, 15) is 44.3 Å². The third-order valence-corrected chi connectivity index (χ3v) is 3.16. The highest BCUT2D eigenvalue weighted by Gasteiger charge is 2.95. The molecule has 1 atom stereocenters. The highest BCUT2D eigenvalue weighted by molar-refractivity contribution is 6.02. The van der Waals surface area contributed by atoms with Crippen LogP contribution >= 0.6 is 0 Å². The molecule has 0 N–H and O–H groups in total. The molecule has 11 heteroatoms. The minimum absolute atomic E-state index is 0.628. The first-order valence-corrected chi connectivity index (χ1v) is 5.72. The fourth-order valence-corrected chi connectivity index (χ4v) is 1.87. The van der Waals surface area contributed by atoms with Crippen LogP contribution in [0.2, 0.25) is 0 Å². The molecule has 0 amide bonds. The summed E-state index contributed by atoms with van der Waals surface area (Å²) in [6.45, 7) is 0. The van der Waals surface area contributed by atoms with Gasteiger partial charge in [-0.1, -0.05) is 30.3 Å². The Labute approximate surface area is 121 Å². The van der Waals surface area contributed by atoms with Crippen LogP contribution in [-0.4, -0.2) is 35.5 Å². The number of benzene rings is 1. The maximum Gasteiger partial charge on any atom is 0.428 e. The Hall–Kier alpha value is -1.78. The van der Waals surface area contributed by atoms with E-state index >= 15 is 0 Å². The van der Waals surface area contributed by atoms with Gasteiger partial charge in [0.1, 0.15) is 0 Å². The van der Waals surface area contributed by atoms with Crippen molar-refractivity contribution >= 4 is 5.78 Å². The molecule has 0 spiro atoms. The van der Waals surface area contributed by atoms with Crippen LogP contribution < -0.4 is 0 Å². The Morgan fingerprint density at radius 1 is 0.870 bits per heavy atom. The second-order valence-corrected chi connectivity index (χ2v) is 4.63. The summed E-state index contributed by atoms with van der Waals surface area (Å²) in [5, 5.41) is 0. The fourth-order valence-electron chi connectivity index (χ4n) is 1.87. The highest BCUT2D eigenvalue weighted by atomic mass is 19.4. The van der Waals surface area contributed by atoms with Crippen LogP contribution in [0.15, 0.2) is 30.3 Å². The number of rotatable bonds is 3. The number of ketones is 1. The topological polar surface area (TPSA) is 26.3 Å². The van der Waals surface area contributed by atoms with Crippen molar-refractivity contribution in [3.8, 4) is 0 Å². The van der Waals surface area contributed by atoms with Crippen LogP contribution in [0.25, 0.3) is 0 Å². The van der Waals surface area contributed by atoms with Crippen molar-refractivity contribution in [2.24, 2.45) is 0 Å². The van der Waals surface area contributed by atoms with Gasteiger partial charge in [-0.2, -0.15) is 39.5 Å². The molecule has 0 bridgehead atoms. The van der Waals surface area contributed by atoms with Gasteiger partial charge >= 0.3 is 29.7 Å². The van der Waals surface area contributed by atoms with Crippen molar-refractivity contribution in [3.05, 3.63) is 35.9 Å². The van der Waals surface area contributed by atoms with Gasteiger partial charge < -0.3 is 0 Å². The van der Waals surface area contributed by atoms with Crippen molar-refractivity contribution in [3.63, 3.8) is 0 Å². The predicted octanol–water partition coefficient (Wildman–Crippen LogP) is 4.06. The maximum atomic E-state index is 13.9. The Bertz CT molecular complexity index is 629. The number of Topliss-reactive ketones (excluding diaryl/α,β-unsaturated/α-hetero) is 1. The Balaban J connectivity index is 2.57. The maximum absolute atomic E-state index is 13.9. The third kappa shape index (κ3) is 1.98. The first-order chi connectivity index (χ1) is 10.2. The summed E-state index contributed by atoms with van der Waals surface area (Å²) in [7, 11) is 0. The molecule has 128 valence electrons. The lowest BCUT2D eigenvalue weighted by Crippen LogP contribution is -2.62. The molecule has 1 fully saturated rings. The van der Waals surface area contributed by atoms with E-state index in [1.54, 1.807) is 0 Å². The molecule has 1 aliphatic heterocycles. The van der Waals surface area contributed by atoms with Gasteiger partial charge in [-0.3, -0.25) is 9.53 Å². The summed E-state index contributed by atoms with van der Waals surface area (Å²) in [5.41, 5.74) is -1.06. The zero-order valence-electron chi connectivity index (χ0n) is 10.6. The SMILES string of the molecule is O=C(c1ccccc1)C(F)(F)C1(F)OC(F)(F)C(F)(F)C1(F)F. The molecule has 1 saturated heterocycles. The van der Waals surface area contributed by atoms with E-state index in [2.05, 4.69) is 4.74 Å². The van der Waals surface area contributed by atoms with Crippen LogP contribution in [0.5, 0.6) is 0 Å².